The molecule has 0 fully saturated rings. The highest BCUT2D eigenvalue weighted by molar-refractivity contribution is 6.36. The minimum atomic E-state index is -0.0124. The van der Waals surface area contributed by atoms with Gasteiger partial charge in [-0.3, -0.25) is 4.79 Å². The number of ketones is 1. The lowest BCUT2D eigenvalue weighted by Gasteiger charge is -2.08. The van der Waals surface area contributed by atoms with Crippen molar-refractivity contribution >= 4 is 39.9 Å². The third-order valence-electron chi connectivity index (χ3n) is 3.15. The largest absolute Gasteiger partial charge is 0.331 e. The maximum Gasteiger partial charge on any atom is 0.163 e. The van der Waals surface area contributed by atoms with Crippen molar-refractivity contribution in [3.8, 4) is 0 Å². The number of carbonyl (C=O) groups is 1. The van der Waals surface area contributed by atoms with Gasteiger partial charge in [-0.1, -0.05) is 36.2 Å². The Morgan fingerprint density at radius 2 is 2.00 bits per heavy atom. The average molecular weight is 284 g/mol. The summed E-state index contributed by atoms with van der Waals surface area (Å²) in [5.74, 6) is -0.0124. The van der Waals surface area contributed by atoms with Crippen molar-refractivity contribution in [3.63, 3.8) is 0 Å². The summed E-state index contributed by atoms with van der Waals surface area (Å²) in [6.45, 7) is 6.36. The smallest absolute Gasteiger partial charge is 0.163 e. The summed E-state index contributed by atoms with van der Waals surface area (Å²) >= 11 is 12.5. The molecule has 0 bridgehead atoms. The van der Waals surface area contributed by atoms with E-state index in [0.717, 1.165) is 29.4 Å². The van der Waals surface area contributed by atoms with Gasteiger partial charge in [0.15, 0.2) is 5.78 Å². The summed E-state index contributed by atoms with van der Waals surface area (Å²) in [6, 6.07) is 3.69. The molecule has 0 N–H and O–H groups in total. The molecule has 0 amide bonds. The number of hydrogen-bond donors (Lipinski definition) is 0. The molecule has 96 valence electrons. The lowest BCUT2D eigenvalue weighted by molar-refractivity contribution is 0.101. The number of Topliss-reactive ketones (excluding diaryl/α,β-unsaturated/α-hetero) is 1. The first-order valence-electron chi connectivity index (χ1n) is 5.96. The molecule has 1 heterocycles. The zero-order valence-corrected chi connectivity index (χ0v) is 12.2. The summed E-state index contributed by atoms with van der Waals surface area (Å²) in [5.41, 5.74) is 2.54. The zero-order chi connectivity index (χ0) is 13.4. The lowest BCUT2D eigenvalue weighted by atomic mass is 10.1. The third kappa shape index (κ3) is 1.94. The second kappa shape index (κ2) is 4.94. The van der Waals surface area contributed by atoms with E-state index in [4.69, 9.17) is 23.2 Å². The van der Waals surface area contributed by atoms with Gasteiger partial charge in [0.25, 0.3) is 0 Å². The monoisotopic (exact) mass is 283 g/mol. The van der Waals surface area contributed by atoms with E-state index in [0.29, 0.717) is 15.7 Å². The topological polar surface area (TPSA) is 22.0 Å². The van der Waals surface area contributed by atoms with E-state index >= 15 is 0 Å². The second-order valence-electron chi connectivity index (χ2n) is 4.44. The minimum Gasteiger partial charge on any atom is -0.331 e. The molecule has 0 aliphatic rings. The minimum absolute atomic E-state index is 0.0124. The van der Waals surface area contributed by atoms with Crippen LogP contribution in [0.25, 0.3) is 10.9 Å². The van der Waals surface area contributed by atoms with Crippen LogP contribution in [0.3, 0.4) is 0 Å². The summed E-state index contributed by atoms with van der Waals surface area (Å²) in [4.78, 5) is 11.8. The van der Waals surface area contributed by atoms with Gasteiger partial charge >= 0.3 is 0 Å². The van der Waals surface area contributed by atoms with Crippen LogP contribution in [-0.2, 0) is 6.54 Å². The number of aryl methyl sites for hydroxylation is 2. The molecule has 1 aromatic carbocycles. The molecular weight excluding hydrogens is 269 g/mol. The van der Waals surface area contributed by atoms with Crippen LogP contribution in [-0.4, -0.2) is 10.4 Å². The van der Waals surface area contributed by atoms with E-state index < -0.39 is 0 Å². The van der Waals surface area contributed by atoms with Crippen molar-refractivity contribution < 1.29 is 4.79 Å². The van der Waals surface area contributed by atoms with Gasteiger partial charge in [0.05, 0.1) is 11.1 Å². The van der Waals surface area contributed by atoms with Crippen LogP contribution in [0.5, 0.6) is 0 Å². The normalized spacial score (nSPS) is 11.2. The predicted octanol–water partition coefficient (Wildman–Crippen LogP) is 4.87. The van der Waals surface area contributed by atoms with Gasteiger partial charge in [0.1, 0.15) is 5.15 Å². The number of fused-ring (bicyclic) bond motifs is 1. The summed E-state index contributed by atoms with van der Waals surface area (Å²) in [7, 11) is 0. The molecule has 0 aliphatic carbocycles. The fourth-order valence-corrected chi connectivity index (χ4v) is 2.89. The number of halogens is 2. The first-order valence-corrected chi connectivity index (χ1v) is 6.72. The Hall–Kier alpha value is -0.990. The Morgan fingerprint density at radius 3 is 2.56 bits per heavy atom. The number of hydrogen-bond acceptors (Lipinski definition) is 1. The van der Waals surface area contributed by atoms with Crippen molar-refractivity contribution in [2.45, 2.75) is 33.7 Å². The standard InChI is InChI=1S/C14H15Cl2NO/c1-4-7-17-13-8(2)11(15)6-5-10(13)12(9(3)18)14(17)16/h5-6H,4,7H2,1-3H3. The SMILES string of the molecule is CCCn1c(Cl)c(C(C)=O)c2ccc(Cl)c(C)c21. The van der Waals surface area contributed by atoms with Crippen molar-refractivity contribution in [1.29, 1.82) is 0 Å². The number of carbonyl (C=O) groups excluding carboxylic acids is 1. The number of benzene rings is 1. The van der Waals surface area contributed by atoms with Crippen LogP contribution in [0.15, 0.2) is 12.1 Å². The number of nitrogens with zero attached hydrogens (tertiary/aromatic N) is 1. The molecule has 0 aliphatic heterocycles. The third-order valence-corrected chi connectivity index (χ3v) is 3.95. The van der Waals surface area contributed by atoms with E-state index in [1.54, 1.807) is 6.92 Å². The highest BCUT2D eigenvalue weighted by Gasteiger charge is 2.20. The van der Waals surface area contributed by atoms with Gasteiger partial charge in [-0.15, -0.1) is 0 Å². The zero-order valence-electron chi connectivity index (χ0n) is 10.7. The molecule has 0 unspecified atom stereocenters. The molecule has 2 rings (SSSR count). The summed E-state index contributed by atoms with van der Waals surface area (Å²) in [6.07, 6.45) is 0.951. The average Bonchev–Trinajstić information content (AvgIpc) is 2.58. The van der Waals surface area contributed by atoms with E-state index in [2.05, 4.69) is 6.92 Å². The van der Waals surface area contributed by atoms with Crippen molar-refractivity contribution in [3.05, 3.63) is 33.4 Å². The fraction of sp³-hybridized carbons (Fsp3) is 0.357. The molecule has 18 heavy (non-hydrogen) atoms. The van der Waals surface area contributed by atoms with Gasteiger partial charge in [0, 0.05) is 17.0 Å². The van der Waals surface area contributed by atoms with Crippen LogP contribution in [0, 0.1) is 6.92 Å². The summed E-state index contributed by atoms with van der Waals surface area (Å²) < 4.78 is 1.98. The first kappa shape index (κ1) is 13.4. The number of aromatic nitrogens is 1. The van der Waals surface area contributed by atoms with E-state index in [1.807, 2.05) is 23.6 Å². The van der Waals surface area contributed by atoms with Crippen molar-refractivity contribution in [1.82, 2.24) is 4.57 Å². The molecule has 0 radical (unpaired) electrons. The molecule has 2 aromatic rings. The van der Waals surface area contributed by atoms with Crippen molar-refractivity contribution in [2.75, 3.05) is 0 Å². The maximum absolute atomic E-state index is 11.8. The molecule has 0 atom stereocenters. The van der Waals surface area contributed by atoms with Crippen LogP contribution >= 0.6 is 23.2 Å². The molecule has 0 spiro atoms. The Morgan fingerprint density at radius 1 is 1.33 bits per heavy atom. The molecular formula is C14H15Cl2NO. The predicted molar refractivity (Wildman–Crippen MR) is 77.0 cm³/mol. The van der Waals surface area contributed by atoms with Gasteiger partial charge in [-0.2, -0.15) is 0 Å². The Kier molecular flexibility index (Phi) is 3.69. The summed E-state index contributed by atoms with van der Waals surface area (Å²) in [5, 5.41) is 2.11. The van der Waals surface area contributed by atoms with Gasteiger partial charge in [0.2, 0.25) is 0 Å². The first-order chi connectivity index (χ1) is 8.49. The second-order valence-corrected chi connectivity index (χ2v) is 5.21. The van der Waals surface area contributed by atoms with Crippen LogP contribution in [0.1, 0.15) is 36.2 Å². The van der Waals surface area contributed by atoms with E-state index in [1.165, 1.54) is 0 Å². The Labute approximate surface area is 116 Å². The van der Waals surface area contributed by atoms with Crippen molar-refractivity contribution in [2.24, 2.45) is 0 Å². The lowest BCUT2D eigenvalue weighted by Crippen LogP contribution is -1.99. The Balaban J connectivity index is 2.92. The van der Waals surface area contributed by atoms with Crippen LogP contribution in [0.4, 0.5) is 0 Å². The fourth-order valence-electron chi connectivity index (χ4n) is 2.34. The van der Waals surface area contributed by atoms with E-state index in [9.17, 15) is 4.79 Å². The van der Waals surface area contributed by atoms with Crippen LogP contribution in [0.2, 0.25) is 10.2 Å². The molecule has 2 nitrogen and oxygen atoms in total. The number of rotatable bonds is 3. The van der Waals surface area contributed by atoms with Gasteiger partial charge in [-0.05, 0) is 31.9 Å². The van der Waals surface area contributed by atoms with E-state index in [-0.39, 0.29) is 5.78 Å². The Bertz CT molecular complexity index is 628. The van der Waals surface area contributed by atoms with Gasteiger partial charge in [-0.25, -0.2) is 0 Å². The molecule has 0 saturated heterocycles. The highest BCUT2D eigenvalue weighted by Crippen LogP contribution is 2.35. The quantitative estimate of drug-likeness (QED) is 0.737. The molecule has 0 saturated carbocycles. The molecule has 4 heteroatoms. The van der Waals surface area contributed by atoms with Crippen LogP contribution < -0.4 is 0 Å². The highest BCUT2D eigenvalue weighted by atomic mass is 35.5. The maximum atomic E-state index is 11.8. The molecule has 1 aromatic heterocycles. The van der Waals surface area contributed by atoms with Gasteiger partial charge < -0.3 is 4.57 Å².